The van der Waals surface area contributed by atoms with Gasteiger partial charge in [0.25, 0.3) is 0 Å². The number of urea groups is 1. The summed E-state index contributed by atoms with van der Waals surface area (Å²) in [5.74, 6) is -0.0133. The summed E-state index contributed by atoms with van der Waals surface area (Å²) in [7, 11) is 0. The van der Waals surface area contributed by atoms with Crippen LogP contribution in [0.4, 0.5) is 4.79 Å². The highest BCUT2D eigenvalue weighted by Crippen LogP contribution is 2.37. The Morgan fingerprint density at radius 2 is 2.00 bits per heavy atom. The Morgan fingerprint density at radius 3 is 2.67 bits per heavy atom. The van der Waals surface area contributed by atoms with Gasteiger partial charge in [0.15, 0.2) is 0 Å². The Bertz CT molecular complexity index is 788. The SMILES string of the molecule is CCNC(=O)N(CC(=O)N1CCc2sccc2C1c1ccccc1)C(C)C. The van der Waals surface area contributed by atoms with Gasteiger partial charge < -0.3 is 15.1 Å². The smallest absolute Gasteiger partial charge is 0.318 e. The van der Waals surface area contributed by atoms with Crippen molar-refractivity contribution >= 4 is 23.3 Å². The van der Waals surface area contributed by atoms with Gasteiger partial charge in [-0.1, -0.05) is 30.3 Å². The van der Waals surface area contributed by atoms with Crippen molar-refractivity contribution in [3.8, 4) is 0 Å². The monoisotopic (exact) mass is 385 g/mol. The third kappa shape index (κ3) is 4.16. The summed E-state index contributed by atoms with van der Waals surface area (Å²) in [5.41, 5.74) is 2.32. The van der Waals surface area contributed by atoms with Crippen LogP contribution in [0.15, 0.2) is 41.8 Å². The first-order chi connectivity index (χ1) is 13.0. The topological polar surface area (TPSA) is 52.7 Å². The van der Waals surface area contributed by atoms with Crippen LogP contribution in [0.5, 0.6) is 0 Å². The van der Waals surface area contributed by atoms with E-state index in [-0.39, 0.29) is 30.6 Å². The molecule has 27 heavy (non-hydrogen) atoms. The maximum atomic E-state index is 13.2. The summed E-state index contributed by atoms with van der Waals surface area (Å²) in [4.78, 5) is 30.5. The highest BCUT2D eigenvalue weighted by molar-refractivity contribution is 7.10. The molecule has 1 atom stereocenters. The second kappa shape index (κ2) is 8.57. The summed E-state index contributed by atoms with van der Waals surface area (Å²) in [6.07, 6.45) is 0.866. The molecule has 2 heterocycles. The van der Waals surface area contributed by atoms with Crippen LogP contribution in [0.25, 0.3) is 0 Å². The Labute approximate surface area is 165 Å². The van der Waals surface area contributed by atoms with Gasteiger partial charge in [0, 0.05) is 24.0 Å². The van der Waals surface area contributed by atoms with Crippen LogP contribution in [0.1, 0.15) is 42.8 Å². The molecule has 0 saturated carbocycles. The number of carbonyl (C=O) groups is 2. The lowest BCUT2D eigenvalue weighted by Crippen LogP contribution is -2.51. The van der Waals surface area contributed by atoms with Crippen LogP contribution < -0.4 is 5.32 Å². The van der Waals surface area contributed by atoms with Gasteiger partial charge in [-0.15, -0.1) is 11.3 Å². The van der Waals surface area contributed by atoms with Gasteiger partial charge in [0.2, 0.25) is 5.91 Å². The van der Waals surface area contributed by atoms with Crippen molar-refractivity contribution in [3.05, 3.63) is 57.8 Å². The summed E-state index contributed by atoms with van der Waals surface area (Å²) in [6.45, 7) is 7.06. The van der Waals surface area contributed by atoms with Crippen LogP contribution in [0.2, 0.25) is 0 Å². The lowest BCUT2D eigenvalue weighted by molar-refractivity contribution is -0.134. The molecule has 3 rings (SSSR count). The molecule has 1 aromatic heterocycles. The summed E-state index contributed by atoms with van der Waals surface area (Å²) in [6, 6.07) is 12.0. The molecule has 0 spiro atoms. The first kappa shape index (κ1) is 19.4. The molecule has 6 heteroatoms. The number of thiophene rings is 1. The quantitative estimate of drug-likeness (QED) is 0.854. The van der Waals surface area contributed by atoms with Gasteiger partial charge in [-0.05, 0) is 49.8 Å². The van der Waals surface area contributed by atoms with Crippen molar-refractivity contribution in [2.75, 3.05) is 19.6 Å². The lowest BCUT2D eigenvalue weighted by atomic mass is 9.93. The average Bonchev–Trinajstić information content (AvgIpc) is 3.14. The zero-order valence-electron chi connectivity index (χ0n) is 16.1. The number of fused-ring (bicyclic) bond motifs is 1. The molecule has 2 aromatic rings. The zero-order valence-corrected chi connectivity index (χ0v) is 17.0. The minimum absolute atomic E-state index is 0.0133. The molecule has 0 aliphatic carbocycles. The molecule has 0 fully saturated rings. The van der Waals surface area contributed by atoms with Crippen molar-refractivity contribution in [3.63, 3.8) is 0 Å². The van der Waals surface area contributed by atoms with Gasteiger partial charge in [-0.3, -0.25) is 4.79 Å². The van der Waals surface area contributed by atoms with E-state index < -0.39 is 0 Å². The van der Waals surface area contributed by atoms with Gasteiger partial charge >= 0.3 is 6.03 Å². The van der Waals surface area contributed by atoms with E-state index in [1.54, 1.807) is 16.2 Å². The molecular weight excluding hydrogens is 358 g/mol. The van der Waals surface area contributed by atoms with E-state index in [2.05, 4.69) is 28.9 Å². The van der Waals surface area contributed by atoms with E-state index in [9.17, 15) is 9.59 Å². The average molecular weight is 386 g/mol. The summed E-state index contributed by atoms with van der Waals surface area (Å²) >= 11 is 1.76. The van der Waals surface area contributed by atoms with Crippen molar-refractivity contribution in [2.24, 2.45) is 0 Å². The molecule has 0 radical (unpaired) electrons. The minimum atomic E-state index is -0.189. The lowest BCUT2D eigenvalue weighted by Gasteiger charge is -2.38. The largest absolute Gasteiger partial charge is 0.338 e. The number of nitrogens with zero attached hydrogens (tertiary/aromatic N) is 2. The van der Waals surface area contributed by atoms with E-state index in [1.165, 1.54) is 10.4 Å². The fourth-order valence-corrected chi connectivity index (χ4v) is 4.46. The van der Waals surface area contributed by atoms with Gasteiger partial charge in [0.05, 0.1) is 6.04 Å². The predicted molar refractivity (Wildman–Crippen MR) is 109 cm³/mol. The Balaban J connectivity index is 1.87. The molecule has 3 amide bonds. The number of hydrogen-bond acceptors (Lipinski definition) is 3. The van der Waals surface area contributed by atoms with Crippen molar-refractivity contribution in [1.82, 2.24) is 15.1 Å². The van der Waals surface area contributed by atoms with Crippen molar-refractivity contribution in [2.45, 2.75) is 39.3 Å². The molecule has 1 aliphatic heterocycles. The molecule has 0 saturated heterocycles. The van der Waals surface area contributed by atoms with Gasteiger partial charge in [-0.2, -0.15) is 0 Å². The van der Waals surface area contributed by atoms with E-state index in [4.69, 9.17) is 0 Å². The first-order valence-corrected chi connectivity index (χ1v) is 10.4. The normalized spacial score (nSPS) is 16.1. The number of nitrogens with one attached hydrogen (secondary N) is 1. The molecule has 1 aliphatic rings. The third-order valence-corrected chi connectivity index (χ3v) is 5.92. The van der Waals surface area contributed by atoms with Crippen LogP contribution in [0, 0.1) is 0 Å². The van der Waals surface area contributed by atoms with E-state index >= 15 is 0 Å². The second-order valence-electron chi connectivity index (χ2n) is 7.01. The van der Waals surface area contributed by atoms with Crippen LogP contribution in [0.3, 0.4) is 0 Å². The summed E-state index contributed by atoms with van der Waals surface area (Å²) < 4.78 is 0. The Kier molecular flexibility index (Phi) is 6.16. The van der Waals surface area contributed by atoms with E-state index in [1.807, 2.05) is 43.9 Å². The highest BCUT2D eigenvalue weighted by atomic mass is 32.1. The second-order valence-corrected chi connectivity index (χ2v) is 8.01. The Morgan fingerprint density at radius 1 is 1.26 bits per heavy atom. The zero-order chi connectivity index (χ0) is 19.4. The van der Waals surface area contributed by atoms with Crippen LogP contribution in [-0.4, -0.2) is 47.4 Å². The maximum absolute atomic E-state index is 13.2. The summed E-state index contributed by atoms with van der Waals surface area (Å²) in [5, 5.41) is 4.91. The fraction of sp³-hybridized carbons (Fsp3) is 0.429. The number of hydrogen-bond donors (Lipinski definition) is 1. The predicted octanol–water partition coefficient (Wildman–Crippen LogP) is 3.66. The van der Waals surface area contributed by atoms with Crippen LogP contribution in [-0.2, 0) is 11.2 Å². The number of carbonyl (C=O) groups excluding carboxylic acids is 2. The van der Waals surface area contributed by atoms with Crippen molar-refractivity contribution in [1.29, 1.82) is 0 Å². The third-order valence-electron chi connectivity index (χ3n) is 4.92. The van der Waals surface area contributed by atoms with Gasteiger partial charge in [-0.25, -0.2) is 4.79 Å². The van der Waals surface area contributed by atoms with E-state index in [0.717, 1.165) is 12.0 Å². The molecule has 1 unspecified atom stereocenters. The molecule has 1 N–H and O–H groups in total. The maximum Gasteiger partial charge on any atom is 0.318 e. The molecule has 1 aromatic carbocycles. The Hall–Kier alpha value is -2.34. The first-order valence-electron chi connectivity index (χ1n) is 9.48. The number of amides is 3. The number of rotatable bonds is 5. The fourth-order valence-electron chi connectivity index (χ4n) is 3.56. The van der Waals surface area contributed by atoms with Crippen molar-refractivity contribution < 1.29 is 9.59 Å². The van der Waals surface area contributed by atoms with Gasteiger partial charge in [0.1, 0.15) is 6.54 Å². The molecule has 5 nitrogen and oxygen atoms in total. The van der Waals surface area contributed by atoms with Crippen LogP contribution >= 0.6 is 11.3 Å². The number of benzene rings is 1. The molecular formula is C21H27N3O2S. The highest BCUT2D eigenvalue weighted by Gasteiger charge is 2.34. The van der Waals surface area contributed by atoms with E-state index in [0.29, 0.717) is 13.1 Å². The molecule has 144 valence electrons. The standard InChI is InChI=1S/C21H27N3O2S/c1-4-22-21(26)24(15(2)3)14-19(25)23-12-10-18-17(11-13-27-18)20(23)16-8-6-5-7-9-16/h5-9,11,13,15,20H,4,10,12,14H2,1-3H3,(H,22,26). The molecule has 0 bridgehead atoms. The minimum Gasteiger partial charge on any atom is -0.338 e.